The Hall–Kier alpha value is -2.55. The quantitative estimate of drug-likeness (QED) is 0.745. The molecule has 0 spiro atoms. The van der Waals surface area contributed by atoms with Gasteiger partial charge in [0.05, 0.1) is 17.5 Å². The minimum Gasteiger partial charge on any atom is -0.483 e. The third kappa shape index (κ3) is 3.35. The van der Waals surface area contributed by atoms with Crippen LogP contribution in [0, 0.1) is 11.3 Å². The zero-order chi connectivity index (χ0) is 16.9. The van der Waals surface area contributed by atoms with Gasteiger partial charge in [-0.2, -0.15) is 5.26 Å². The van der Waals surface area contributed by atoms with Crippen LogP contribution in [0.3, 0.4) is 0 Å². The average molecular weight is 341 g/mol. The van der Waals surface area contributed by atoms with E-state index in [1.54, 1.807) is 18.2 Å². The number of rotatable bonds is 6. The van der Waals surface area contributed by atoms with Crippen LogP contribution >= 0.6 is 11.6 Å². The van der Waals surface area contributed by atoms with Crippen LogP contribution in [0.5, 0.6) is 5.75 Å². The molecular formula is C18H17ClN4O. The van der Waals surface area contributed by atoms with Crippen molar-refractivity contribution in [3.05, 3.63) is 65.1 Å². The van der Waals surface area contributed by atoms with Crippen molar-refractivity contribution in [2.24, 2.45) is 0 Å². The van der Waals surface area contributed by atoms with Crippen molar-refractivity contribution in [1.82, 2.24) is 14.7 Å². The molecule has 0 radical (unpaired) electrons. The number of fused-ring (bicyclic) bond motifs is 1. The minimum atomic E-state index is -0.250. The van der Waals surface area contributed by atoms with Gasteiger partial charge in [0.1, 0.15) is 23.6 Å². The van der Waals surface area contributed by atoms with E-state index in [-0.39, 0.29) is 6.10 Å². The summed E-state index contributed by atoms with van der Waals surface area (Å²) in [7, 11) is 1.89. The lowest BCUT2D eigenvalue weighted by Gasteiger charge is -2.20. The Kier molecular flexibility index (Phi) is 4.99. The van der Waals surface area contributed by atoms with Crippen LogP contribution in [0.4, 0.5) is 0 Å². The predicted molar refractivity (Wildman–Crippen MR) is 93.3 cm³/mol. The van der Waals surface area contributed by atoms with Crippen LogP contribution in [0.25, 0.3) is 5.65 Å². The molecule has 1 unspecified atom stereocenters. The lowest BCUT2D eigenvalue weighted by atomic mass is 10.1. The Labute approximate surface area is 145 Å². The summed E-state index contributed by atoms with van der Waals surface area (Å²) < 4.78 is 8.16. The maximum absolute atomic E-state index is 9.30. The molecule has 0 aliphatic heterocycles. The minimum absolute atomic E-state index is 0.250. The molecule has 0 amide bonds. The van der Waals surface area contributed by atoms with Crippen LogP contribution in [0.15, 0.2) is 48.8 Å². The molecule has 0 saturated heterocycles. The van der Waals surface area contributed by atoms with E-state index in [1.165, 1.54) is 0 Å². The van der Waals surface area contributed by atoms with Gasteiger partial charge < -0.3 is 14.5 Å². The second-order valence-corrected chi connectivity index (χ2v) is 5.80. The van der Waals surface area contributed by atoms with Crippen molar-refractivity contribution in [1.29, 1.82) is 5.26 Å². The second kappa shape index (κ2) is 7.35. The van der Waals surface area contributed by atoms with Crippen molar-refractivity contribution in [3.8, 4) is 11.8 Å². The highest BCUT2D eigenvalue weighted by atomic mass is 35.5. The summed E-state index contributed by atoms with van der Waals surface area (Å²) >= 11 is 6.06. The summed E-state index contributed by atoms with van der Waals surface area (Å²) in [5, 5.41) is 13.0. The zero-order valence-electron chi connectivity index (χ0n) is 13.2. The Bertz CT molecular complexity index is 884. The molecule has 2 heterocycles. The SMILES string of the molecule is CNCCC(Oc1cc(Cl)ccc1C#N)c1cnc2ccccn12. The maximum atomic E-state index is 9.30. The van der Waals surface area contributed by atoms with E-state index < -0.39 is 0 Å². The molecular weight excluding hydrogens is 324 g/mol. The van der Waals surface area contributed by atoms with E-state index in [0.29, 0.717) is 16.3 Å². The fraction of sp³-hybridized carbons (Fsp3) is 0.222. The fourth-order valence-electron chi connectivity index (χ4n) is 2.57. The van der Waals surface area contributed by atoms with Gasteiger partial charge in [0.15, 0.2) is 0 Å². The lowest BCUT2D eigenvalue weighted by Crippen LogP contribution is -2.18. The molecule has 122 valence electrons. The molecule has 1 aromatic carbocycles. The number of hydrogen-bond donors (Lipinski definition) is 1. The highest BCUT2D eigenvalue weighted by molar-refractivity contribution is 6.30. The van der Waals surface area contributed by atoms with Crippen LogP contribution in [-0.2, 0) is 0 Å². The molecule has 0 aliphatic rings. The van der Waals surface area contributed by atoms with E-state index in [9.17, 15) is 5.26 Å². The summed E-state index contributed by atoms with van der Waals surface area (Å²) in [5.74, 6) is 0.483. The molecule has 0 bridgehead atoms. The third-order valence-corrected chi connectivity index (χ3v) is 4.00. The van der Waals surface area contributed by atoms with Gasteiger partial charge in [-0.1, -0.05) is 17.7 Å². The number of nitrogens with one attached hydrogen (secondary N) is 1. The van der Waals surface area contributed by atoms with E-state index >= 15 is 0 Å². The Morgan fingerprint density at radius 3 is 3.04 bits per heavy atom. The number of pyridine rings is 1. The number of benzene rings is 1. The number of ether oxygens (including phenoxy) is 1. The first-order valence-corrected chi connectivity index (χ1v) is 8.03. The van der Waals surface area contributed by atoms with Gasteiger partial charge in [-0.05, 0) is 37.9 Å². The van der Waals surface area contributed by atoms with Gasteiger partial charge in [0.25, 0.3) is 0 Å². The smallest absolute Gasteiger partial charge is 0.142 e. The topological polar surface area (TPSA) is 62.3 Å². The number of hydrogen-bond acceptors (Lipinski definition) is 4. The Balaban J connectivity index is 1.99. The highest BCUT2D eigenvalue weighted by Crippen LogP contribution is 2.30. The summed E-state index contributed by atoms with van der Waals surface area (Å²) in [6, 6.07) is 13.0. The molecule has 0 aliphatic carbocycles. The van der Waals surface area contributed by atoms with Crippen molar-refractivity contribution < 1.29 is 4.74 Å². The van der Waals surface area contributed by atoms with Gasteiger partial charge in [0, 0.05) is 23.7 Å². The van der Waals surface area contributed by atoms with E-state index in [4.69, 9.17) is 16.3 Å². The molecule has 0 saturated carbocycles. The van der Waals surface area contributed by atoms with Gasteiger partial charge in [-0.25, -0.2) is 4.98 Å². The van der Waals surface area contributed by atoms with Crippen LogP contribution in [0.1, 0.15) is 23.8 Å². The number of nitriles is 1. The first-order chi connectivity index (χ1) is 11.7. The lowest BCUT2D eigenvalue weighted by molar-refractivity contribution is 0.188. The van der Waals surface area contributed by atoms with Gasteiger partial charge >= 0.3 is 0 Å². The molecule has 3 rings (SSSR count). The third-order valence-electron chi connectivity index (χ3n) is 3.77. The molecule has 0 fully saturated rings. The molecule has 3 aromatic rings. The van der Waals surface area contributed by atoms with E-state index in [1.807, 2.05) is 42.0 Å². The van der Waals surface area contributed by atoms with E-state index in [2.05, 4.69) is 16.4 Å². The van der Waals surface area contributed by atoms with Crippen molar-refractivity contribution in [3.63, 3.8) is 0 Å². The second-order valence-electron chi connectivity index (χ2n) is 5.36. The normalized spacial score (nSPS) is 12.0. The standard InChI is InChI=1S/C18H17ClN4O/c1-21-8-7-16(15-12-22-18-4-2-3-9-23(15)18)24-17-10-14(19)6-5-13(17)11-20/h2-6,9-10,12,16,21H,7-8H2,1H3. The number of nitrogens with zero attached hydrogens (tertiary/aromatic N) is 3. The Morgan fingerprint density at radius 2 is 2.25 bits per heavy atom. The summed E-state index contributed by atoms with van der Waals surface area (Å²) in [6.45, 7) is 0.771. The number of imidazole rings is 1. The largest absolute Gasteiger partial charge is 0.483 e. The van der Waals surface area contributed by atoms with Crippen LogP contribution in [-0.4, -0.2) is 23.0 Å². The molecule has 6 heteroatoms. The fourth-order valence-corrected chi connectivity index (χ4v) is 2.73. The van der Waals surface area contributed by atoms with Crippen molar-refractivity contribution >= 4 is 17.2 Å². The first-order valence-electron chi connectivity index (χ1n) is 7.66. The average Bonchev–Trinajstić information content (AvgIpc) is 3.03. The maximum Gasteiger partial charge on any atom is 0.142 e. The highest BCUT2D eigenvalue weighted by Gasteiger charge is 2.19. The number of halogens is 1. The van der Waals surface area contributed by atoms with Crippen LogP contribution in [0.2, 0.25) is 5.02 Å². The first kappa shape index (κ1) is 16.3. The summed E-state index contributed by atoms with van der Waals surface area (Å²) in [6.07, 6.45) is 4.25. The molecule has 24 heavy (non-hydrogen) atoms. The summed E-state index contributed by atoms with van der Waals surface area (Å²) in [4.78, 5) is 4.42. The van der Waals surface area contributed by atoms with Gasteiger partial charge in [-0.15, -0.1) is 0 Å². The van der Waals surface area contributed by atoms with Gasteiger partial charge in [0.2, 0.25) is 0 Å². The Morgan fingerprint density at radius 1 is 1.38 bits per heavy atom. The molecule has 1 N–H and O–H groups in total. The monoisotopic (exact) mass is 340 g/mol. The molecule has 2 aromatic heterocycles. The molecule has 1 atom stereocenters. The molecule has 5 nitrogen and oxygen atoms in total. The predicted octanol–water partition coefficient (Wildman–Crippen LogP) is 3.59. The van der Waals surface area contributed by atoms with E-state index in [0.717, 1.165) is 24.3 Å². The zero-order valence-corrected chi connectivity index (χ0v) is 14.0. The van der Waals surface area contributed by atoms with Crippen molar-refractivity contribution in [2.45, 2.75) is 12.5 Å². The van der Waals surface area contributed by atoms with Crippen molar-refractivity contribution in [2.75, 3.05) is 13.6 Å². The van der Waals surface area contributed by atoms with Gasteiger partial charge in [-0.3, -0.25) is 0 Å². The van der Waals surface area contributed by atoms with Crippen LogP contribution < -0.4 is 10.1 Å². The summed E-state index contributed by atoms with van der Waals surface area (Å²) in [5.41, 5.74) is 2.25. The number of aromatic nitrogens is 2.